The van der Waals surface area contributed by atoms with Gasteiger partial charge in [-0.2, -0.15) is 0 Å². The highest BCUT2D eigenvalue weighted by Gasteiger charge is 2.31. The molecule has 8 heavy (non-hydrogen) atoms. The highest BCUT2D eigenvalue weighted by atomic mass is 17.0. The van der Waals surface area contributed by atoms with Crippen LogP contribution in [0.25, 0.3) is 0 Å². The molecule has 0 aliphatic carbocycles. The predicted octanol–water partition coefficient (Wildman–Crippen LogP) is -0.353. The Morgan fingerprint density at radius 1 is 1.12 bits per heavy atom. The van der Waals surface area contributed by atoms with E-state index < -0.39 is 6.48 Å². The van der Waals surface area contributed by atoms with Gasteiger partial charge in [0.15, 0.2) is 13.1 Å². The molecule has 0 aromatic heterocycles. The molecule has 2 saturated heterocycles. The van der Waals surface area contributed by atoms with Crippen molar-refractivity contribution >= 4 is 0 Å². The van der Waals surface area contributed by atoms with Crippen LogP contribution < -0.4 is 0 Å². The molecule has 4 nitrogen and oxygen atoms in total. The van der Waals surface area contributed by atoms with Crippen molar-refractivity contribution in [3.05, 3.63) is 0 Å². The highest BCUT2D eigenvalue weighted by molar-refractivity contribution is 4.51. The maximum Gasteiger partial charge on any atom is 0.276 e. The molecule has 0 N–H and O–H groups in total. The van der Waals surface area contributed by atoms with Crippen LogP contribution in [0.5, 0.6) is 0 Å². The summed E-state index contributed by atoms with van der Waals surface area (Å²) in [6.07, 6.45) is -0.186. The zero-order valence-electron chi connectivity index (χ0n) is 4.20. The first-order valence-electron chi connectivity index (χ1n) is 2.45. The lowest BCUT2D eigenvalue weighted by Crippen LogP contribution is -2.26. The van der Waals surface area contributed by atoms with Crippen molar-refractivity contribution in [2.45, 2.75) is 12.8 Å². The fourth-order valence-electron chi connectivity index (χ4n) is 0.705. The van der Waals surface area contributed by atoms with E-state index in [0.29, 0.717) is 6.61 Å². The molecule has 2 aliphatic rings. The summed E-state index contributed by atoms with van der Waals surface area (Å²) in [5.74, 6) is 0. The predicted molar refractivity (Wildman–Crippen MR) is 21.6 cm³/mol. The average Bonchev–Trinajstić information content (AvgIpc) is 2.12. The van der Waals surface area contributed by atoms with Crippen LogP contribution in [0.1, 0.15) is 0 Å². The van der Waals surface area contributed by atoms with E-state index in [1.807, 2.05) is 0 Å². The Kier molecular flexibility index (Phi) is 0.976. The third-order valence-electron chi connectivity index (χ3n) is 1.09. The zero-order chi connectivity index (χ0) is 5.40. The topological polar surface area (TPSA) is 36.9 Å². The van der Waals surface area contributed by atoms with Gasteiger partial charge in [-0.15, -0.1) is 0 Å². The molecule has 2 heterocycles. The van der Waals surface area contributed by atoms with E-state index in [2.05, 4.69) is 0 Å². The van der Waals surface area contributed by atoms with Crippen LogP contribution in [0.3, 0.4) is 0 Å². The molecule has 4 heteroatoms. The van der Waals surface area contributed by atoms with Crippen LogP contribution in [0.4, 0.5) is 0 Å². The van der Waals surface area contributed by atoms with Crippen molar-refractivity contribution in [2.75, 3.05) is 13.4 Å². The fraction of sp³-hybridized carbons (Fsp3) is 1.00. The van der Waals surface area contributed by atoms with Crippen LogP contribution in [-0.4, -0.2) is 26.2 Å². The Balaban J connectivity index is 2.03. The van der Waals surface area contributed by atoms with Crippen molar-refractivity contribution < 1.29 is 18.9 Å². The van der Waals surface area contributed by atoms with Crippen LogP contribution >= 0.6 is 0 Å². The molecule has 0 saturated carbocycles. The molecular formula is C4H6O4. The molecule has 2 fully saturated rings. The van der Waals surface area contributed by atoms with Gasteiger partial charge in [0.25, 0.3) is 6.48 Å². The van der Waals surface area contributed by atoms with E-state index >= 15 is 0 Å². The quantitative estimate of drug-likeness (QED) is 0.435. The fourth-order valence-corrected chi connectivity index (χ4v) is 0.705. The second-order valence-corrected chi connectivity index (χ2v) is 1.64. The number of ether oxygens (including phenoxy) is 4. The van der Waals surface area contributed by atoms with Crippen molar-refractivity contribution in [1.29, 1.82) is 0 Å². The first kappa shape index (κ1) is 4.69. The minimum absolute atomic E-state index is 0.186. The first-order chi connectivity index (χ1) is 3.95. The largest absolute Gasteiger partial charge is 0.324 e. The summed E-state index contributed by atoms with van der Waals surface area (Å²) < 4.78 is 19.5. The van der Waals surface area contributed by atoms with Gasteiger partial charge in [0.1, 0.15) is 6.61 Å². The first-order valence-corrected chi connectivity index (χ1v) is 2.45. The van der Waals surface area contributed by atoms with Crippen LogP contribution in [0.2, 0.25) is 0 Å². The molecule has 0 radical (unpaired) electrons. The van der Waals surface area contributed by atoms with E-state index in [9.17, 15) is 0 Å². The Labute approximate surface area is 46.3 Å². The van der Waals surface area contributed by atoms with Gasteiger partial charge in [-0.1, -0.05) is 0 Å². The Morgan fingerprint density at radius 3 is 2.88 bits per heavy atom. The molecule has 46 valence electrons. The molecule has 2 atom stereocenters. The summed E-state index contributed by atoms with van der Waals surface area (Å²) in [4.78, 5) is 0. The van der Waals surface area contributed by atoms with Gasteiger partial charge < -0.3 is 14.2 Å². The van der Waals surface area contributed by atoms with Crippen molar-refractivity contribution in [1.82, 2.24) is 0 Å². The Hall–Kier alpha value is -0.160. The monoisotopic (exact) mass is 118 g/mol. The maximum atomic E-state index is 4.93. The number of rotatable bonds is 0. The molecule has 2 rings (SSSR count). The van der Waals surface area contributed by atoms with Gasteiger partial charge in [0, 0.05) is 0 Å². The summed E-state index contributed by atoms with van der Waals surface area (Å²) in [6, 6.07) is 0. The highest BCUT2D eigenvalue weighted by Crippen LogP contribution is 2.18. The maximum absolute atomic E-state index is 4.93. The van der Waals surface area contributed by atoms with Crippen molar-refractivity contribution in [2.24, 2.45) is 0 Å². The SMILES string of the molecule is C1OC2COC(O1)O2. The molecule has 2 bridgehead atoms. The molecule has 0 aromatic rings. The minimum Gasteiger partial charge on any atom is -0.324 e. The Morgan fingerprint density at radius 2 is 2.12 bits per heavy atom. The number of fused-ring (bicyclic) bond motifs is 2. The second kappa shape index (κ2) is 1.66. The molecule has 0 aromatic carbocycles. The van der Waals surface area contributed by atoms with E-state index in [4.69, 9.17) is 18.9 Å². The van der Waals surface area contributed by atoms with Crippen molar-refractivity contribution in [3.63, 3.8) is 0 Å². The second-order valence-electron chi connectivity index (χ2n) is 1.64. The normalized spacial score (nSPS) is 45.0. The Bertz CT molecular complexity index is 80.0. The van der Waals surface area contributed by atoms with Crippen molar-refractivity contribution in [3.8, 4) is 0 Å². The summed E-state index contributed by atoms with van der Waals surface area (Å²) in [6.45, 7) is 0.314. The van der Waals surface area contributed by atoms with Gasteiger partial charge >= 0.3 is 0 Å². The van der Waals surface area contributed by atoms with Gasteiger partial charge in [0.2, 0.25) is 0 Å². The average molecular weight is 118 g/mol. The molecule has 2 unspecified atom stereocenters. The smallest absolute Gasteiger partial charge is 0.276 e. The van der Waals surface area contributed by atoms with Crippen LogP contribution in [0, 0.1) is 0 Å². The molecule has 0 spiro atoms. The van der Waals surface area contributed by atoms with Gasteiger partial charge in [-0.3, -0.25) is 4.74 Å². The van der Waals surface area contributed by atoms with E-state index in [-0.39, 0.29) is 13.1 Å². The van der Waals surface area contributed by atoms with E-state index in [1.54, 1.807) is 0 Å². The standard InChI is InChI=1S/C4H6O4/c1-3-6-2-7-4(5-1)8-3/h3-4H,1-2H2. The van der Waals surface area contributed by atoms with Gasteiger partial charge in [-0.25, -0.2) is 0 Å². The molecule has 2 aliphatic heterocycles. The third kappa shape index (κ3) is 0.621. The molecule has 0 amide bonds. The summed E-state index contributed by atoms with van der Waals surface area (Å²) in [5.41, 5.74) is 0. The van der Waals surface area contributed by atoms with Crippen LogP contribution in [-0.2, 0) is 18.9 Å². The summed E-state index contributed by atoms with van der Waals surface area (Å²) in [7, 11) is 0. The van der Waals surface area contributed by atoms with Gasteiger partial charge in [0.05, 0.1) is 0 Å². The minimum atomic E-state index is -0.464. The number of hydrogen-bond acceptors (Lipinski definition) is 4. The zero-order valence-corrected chi connectivity index (χ0v) is 4.20. The van der Waals surface area contributed by atoms with E-state index in [0.717, 1.165) is 0 Å². The lowest BCUT2D eigenvalue weighted by atomic mass is 10.7. The van der Waals surface area contributed by atoms with E-state index in [1.165, 1.54) is 0 Å². The lowest BCUT2D eigenvalue weighted by Gasteiger charge is -2.17. The summed E-state index contributed by atoms with van der Waals surface area (Å²) >= 11 is 0. The summed E-state index contributed by atoms with van der Waals surface area (Å²) in [5, 5.41) is 0. The lowest BCUT2D eigenvalue weighted by molar-refractivity contribution is -0.345. The molecular weight excluding hydrogens is 112 g/mol. The third-order valence-corrected chi connectivity index (χ3v) is 1.09. The number of hydrogen-bond donors (Lipinski definition) is 0. The van der Waals surface area contributed by atoms with Gasteiger partial charge in [-0.05, 0) is 0 Å². The van der Waals surface area contributed by atoms with Crippen LogP contribution in [0.15, 0.2) is 0 Å².